The average Bonchev–Trinajstić information content (AvgIpc) is 3.17. The molecule has 0 amide bonds. The minimum atomic E-state index is -0.761. The molecule has 6 rings (SSSR count). The topological polar surface area (TPSA) is 66.6 Å². The summed E-state index contributed by atoms with van der Waals surface area (Å²) in [5.74, 6) is 2.62. The average molecular weight is 328 g/mol. The first-order valence-corrected chi connectivity index (χ1v) is 8.36. The quantitative estimate of drug-likeness (QED) is 0.844. The maximum absolute atomic E-state index is 6.13. The fraction of sp³-hybridized carbons (Fsp3) is 0.556. The lowest BCUT2D eigenvalue weighted by Crippen LogP contribution is -2.47. The summed E-state index contributed by atoms with van der Waals surface area (Å²) in [6.45, 7) is 6.50. The number of ether oxygens (including phenoxy) is 3. The van der Waals surface area contributed by atoms with Crippen LogP contribution in [0.2, 0.25) is 0 Å². The van der Waals surface area contributed by atoms with Crippen LogP contribution in [0, 0.1) is 0 Å². The highest BCUT2D eigenvalue weighted by atomic mass is 16.6. The molecule has 4 heterocycles. The van der Waals surface area contributed by atoms with Crippen LogP contribution in [0.1, 0.15) is 45.3 Å². The molecule has 2 saturated heterocycles. The summed E-state index contributed by atoms with van der Waals surface area (Å²) >= 11 is 0. The molecular formula is C18H20N2O4. The molecule has 0 N–H and O–H groups in total. The van der Waals surface area contributed by atoms with Crippen molar-refractivity contribution in [1.29, 1.82) is 0 Å². The minimum Gasteiger partial charge on any atom is -0.485 e. The third-order valence-corrected chi connectivity index (χ3v) is 5.63. The van der Waals surface area contributed by atoms with Crippen molar-refractivity contribution in [3.63, 3.8) is 0 Å². The second-order valence-electron chi connectivity index (χ2n) is 7.71. The lowest BCUT2D eigenvalue weighted by Gasteiger charge is -2.40. The molecule has 3 fully saturated rings. The molecule has 1 aromatic heterocycles. The van der Waals surface area contributed by atoms with Gasteiger partial charge >= 0.3 is 0 Å². The van der Waals surface area contributed by atoms with Crippen LogP contribution < -0.4 is 9.47 Å². The van der Waals surface area contributed by atoms with Crippen molar-refractivity contribution >= 4 is 0 Å². The highest BCUT2D eigenvalue weighted by Gasteiger charge is 2.67. The van der Waals surface area contributed by atoms with E-state index in [0.29, 0.717) is 24.1 Å². The van der Waals surface area contributed by atoms with E-state index in [4.69, 9.17) is 18.7 Å². The number of hydrogen-bond donors (Lipinski definition) is 0. The van der Waals surface area contributed by atoms with E-state index in [1.165, 1.54) is 0 Å². The number of fused-ring (bicyclic) bond motifs is 2. The van der Waals surface area contributed by atoms with Crippen LogP contribution in [-0.2, 0) is 15.8 Å². The Labute approximate surface area is 140 Å². The van der Waals surface area contributed by atoms with Gasteiger partial charge in [-0.05, 0) is 45.7 Å². The van der Waals surface area contributed by atoms with Crippen LogP contribution in [0.15, 0.2) is 28.8 Å². The van der Waals surface area contributed by atoms with E-state index >= 15 is 0 Å². The summed E-state index contributed by atoms with van der Waals surface area (Å²) in [7, 11) is 0. The van der Waals surface area contributed by atoms with Crippen molar-refractivity contribution in [2.75, 3.05) is 6.61 Å². The first-order chi connectivity index (χ1) is 11.4. The molecule has 6 nitrogen and oxygen atoms in total. The van der Waals surface area contributed by atoms with Gasteiger partial charge in [-0.25, -0.2) is 0 Å². The number of para-hydroxylation sites is 2. The van der Waals surface area contributed by atoms with E-state index < -0.39 is 5.60 Å². The van der Waals surface area contributed by atoms with Gasteiger partial charge in [0.25, 0.3) is 0 Å². The zero-order chi connectivity index (χ0) is 16.6. The van der Waals surface area contributed by atoms with Crippen molar-refractivity contribution in [2.45, 2.75) is 56.3 Å². The number of benzene rings is 1. The van der Waals surface area contributed by atoms with Crippen molar-refractivity contribution in [1.82, 2.24) is 10.1 Å². The third-order valence-electron chi connectivity index (χ3n) is 5.63. The Balaban J connectivity index is 1.46. The fourth-order valence-corrected chi connectivity index (χ4v) is 4.41. The van der Waals surface area contributed by atoms with E-state index in [1.54, 1.807) is 0 Å². The second kappa shape index (κ2) is 4.30. The van der Waals surface area contributed by atoms with Gasteiger partial charge in [-0.1, -0.05) is 17.3 Å². The monoisotopic (exact) mass is 328 g/mol. The van der Waals surface area contributed by atoms with Crippen LogP contribution >= 0.6 is 0 Å². The number of rotatable bonds is 2. The smallest absolute Gasteiger partial charge is 0.235 e. The lowest BCUT2D eigenvalue weighted by molar-refractivity contribution is -0.00596. The van der Waals surface area contributed by atoms with Gasteiger partial charge in [0.15, 0.2) is 11.5 Å². The zero-order valence-corrected chi connectivity index (χ0v) is 14.0. The molecule has 2 unspecified atom stereocenters. The van der Waals surface area contributed by atoms with E-state index in [9.17, 15) is 0 Å². The number of aromatic nitrogens is 2. The molecule has 0 radical (unpaired) electrons. The van der Waals surface area contributed by atoms with Crippen molar-refractivity contribution in [3.8, 4) is 11.5 Å². The Morgan fingerprint density at radius 2 is 1.88 bits per heavy atom. The Morgan fingerprint density at radius 3 is 2.58 bits per heavy atom. The van der Waals surface area contributed by atoms with Gasteiger partial charge in [0.05, 0.1) is 17.1 Å². The van der Waals surface area contributed by atoms with Gasteiger partial charge in [0.2, 0.25) is 17.3 Å². The summed E-state index contributed by atoms with van der Waals surface area (Å²) in [5.41, 5.74) is -0.951. The zero-order valence-electron chi connectivity index (χ0n) is 14.0. The molecule has 6 heteroatoms. The molecule has 0 spiro atoms. The number of nitrogens with zero attached hydrogens (tertiary/aromatic N) is 2. The molecule has 1 aliphatic carbocycles. The van der Waals surface area contributed by atoms with E-state index in [1.807, 2.05) is 31.2 Å². The third kappa shape index (κ3) is 1.75. The Hall–Kier alpha value is -2.08. The van der Waals surface area contributed by atoms with E-state index in [2.05, 4.69) is 24.0 Å². The summed E-state index contributed by atoms with van der Waals surface area (Å²) in [4.78, 5) is 4.69. The van der Waals surface area contributed by atoms with Gasteiger partial charge in [-0.15, -0.1) is 0 Å². The number of hydrogen-bond acceptors (Lipinski definition) is 6. The standard InChI is InChI=1S/C18H20N2O4/c1-11-18(8-16(2,9-18)22-11)15-19-14(20-24-15)17(3)10-21-12-6-4-5-7-13(12)23-17/h4-7,11H,8-10H2,1-3H3. The van der Waals surface area contributed by atoms with Gasteiger partial charge in [-0.3, -0.25) is 0 Å². The molecule has 126 valence electrons. The van der Waals surface area contributed by atoms with Crippen LogP contribution in [0.3, 0.4) is 0 Å². The van der Waals surface area contributed by atoms with Crippen molar-refractivity contribution < 1.29 is 18.7 Å². The van der Waals surface area contributed by atoms with Crippen LogP contribution in [0.25, 0.3) is 0 Å². The maximum atomic E-state index is 6.13. The predicted octanol–water partition coefficient (Wildman–Crippen LogP) is 2.97. The molecule has 1 saturated carbocycles. The van der Waals surface area contributed by atoms with Crippen molar-refractivity contribution in [2.24, 2.45) is 0 Å². The summed E-state index contributed by atoms with van der Waals surface area (Å²) in [5, 5.41) is 4.21. The van der Waals surface area contributed by atoms with Gasteiger partial charge in [0.1, 0.15) is 6.61 Å². The Morgan fingerprint density at radius 1 is 1.12 bits per heavy atom. The molecule has 3 aliphatic heterocycles. The molecule has 4 aliphatic rings. The van der Waals surface area contributed by atoms with Crippen LogP contribution in [0.5, 0.6) is 11.5 Å². The first kappa shape index (κ1) is 14.3. The first-order valence-electron chi connectivity index (χ1n) is 8.36. The SMILES string of the molecule is CC1OC2(C)CC1(c1nc(C3(C)COc4ccccc4O3)no1)C2. The summed E-state index contributed by atoms with van der Waals surface area (Å²) < 4.78 is 23.6. The highest BCUT2D eigenvalue weighted by Crippen LogP contribution is 2.61. The molecular weight excluding hydrogens is 308 g/mol. The second-order valence-corrected chi connectivity index (χ2v) is 7.71. The minimum absolute atomic E-state index is 0.0403. The van der Waals surface area contributed by atoms with E-state index in [-0.39, 0.29) is 17.1 Å². The Kier molecular flexibility index (Phi) is 2.56. The largest absolute Gasteiger partial charge is 0.485 e. The van der Waals surface area contributed by atoms with Gasteiger partial charge in [-0.2, -0.15) is 4.98 Å². The molecule has 1 aromatic carbocycles. The van der Waals surface area contributed by atoms with Gasteiger partial charge in [0, 0.05) is 0 Å². The van der Waals surface area contributed by atoms with Gasteiger partial charge < -0.3 is 18.7 Å². The summed E-state index contributed by atoms with van der Waals surface area (Å²) in [6.07, 6.45) is 1.95. The predicted molar refractivity (Wildman–Crippen MR) is 84.1 cm³/mol. The lowest BCUT2D eigenvalue weighted by atomic mass is 9.61. The van der Waals surface area contributed by atoms with E-state index in [0.717, 1.165) is 18.6 Å². The van der Waals surface area contributed by atoms with Crippen LogP contribution in [0.4, 0.5) is 0 Å². The highest BCUT2D eigenvalue weighted by molar-refractivity contribution is 5.41. The fourth-order valence-electron chi connectivity index (χ4n) is 4.41. The molecule has 2 atom stereocenters. The maximum Gasteiger partial charge on any atom is 0.235 e. The molecule has 2 aromatic rings. The van der Waals surface area contributed by atoms with Crippen LogP contribution in [-0.4, -0.2) is 28.5 Å². The Bertz CT molecular complexity index is 811. The molecule has 2 bridgehead atoms. The normalized spacial score (nSPS) is 39.5. The summed E-state index contributed by atoms with van der Waals surface area (Å²) in [6, 6.07) is 7.62. The molecule has 24 heavy (non-hydrogen) atoms. The van der Waals surface area contributed by atoms with Crippen molar-refractivity contribution in [3.05, 3.63) is 36.0 Å².